The summed E-state index contributed by atoms with van der Waals surface area (Å²) in [6.07, 6.45) is 1.61. The van der Waals surface area contributed by atoms with E-state index in [-0.39, 0.29) is 5.91 Å². The van der Waals surface area contributed by atoms with Crippen LogP contribution in [-0.4, -0.2) is 55.0 Å². The quantitative estimate of drug-likeness (QED) is 0.763. The van der Waals surface area contributed by atoms with Crippen molar-refractivity contribution in [2.75, 3.05) is 43.9 Å². The van der Waals surface area contributed by atoms with Gasteiger partial charge in [0.1, 0.15) is 11.6 Å². The summed E-state index contributed by atoms with van der Waals surface area (Å²) in [6, 6.07) is 6.37. The third kappa shape index (κ3) is 3.75. The van der Waals surface area contributed by atoms with Gasteiger partial charge in [0.15, 0.2) is 0 Å². The van der Waals surface area contributed by atoms with Crippen LogP contribution in [0.5, 0.6) is 5.75 Å². The minimum absolute atomic E-state index is 0.190. The van der Waals surface area contributed by atoms with Gasteiger partial charge < -0.3 is 26.0 Å². The van der Waals surface area contributed by atoms with Gasteiger partial charge in [-0.15, -0.1) is 0 Å². The van der Waals surface area contributed by atoms with Crippen LogP contribution < -0.4 is 21.1 Å². The SMILES string of the molecule is COc1cc(N)c(Cl)cc1C(=O)N1CCN(c2ncccc2C(N)=O)CC1. The molecule has 2 amide bonds. The van der Waals surface area contributed by atoms with E-state index < -0.39 is 5.91 Å². The number of halogens is 1. The molecule has 1 aliphatic rings. The smallest absolute Gasteiger partial charge is 0.257 e. The number of nitrogen functional groups attached to an aromatic ring is 1. The number of rotatable bonds is 4. The number of carbonyl (C=O) groups excluding carboxylic acids is 2. The van der Waals surface area contributed by atoms with Crippen molar-refractivity contribution in [3.63, 3.8) is 0 Å². The Labute approximate surface area is 161 Å². The molecule has 0 spiro atoms. The number of nitrogens with zero attached hydrogens (tertiary/aromatic N) is 3. The maximum absolute atomic E-state index is 12.9. The standard InChI is InChI=1S/C18H20ClN5O3/c1-27-15-10-14(20)13(19)9-12(15)18(26)24-7-5-23(6-8-24)17-11(16(21)25)3-2-4-22-17/h2-4,9-10H,5-8,20H2,1H3,(H2,21,25). The van der Waals surface area contributed by atoms with Crippen molar-refractivity contribution in [3.05, 3.63) is 46.6 Å². The number of pyridine rings is 1. The van der Waals surface area contributed by atoms with Crippen molar-refractivity contribution in [2.24, 2.45) is 5.73 Å². The Morgan fingerprint density at radius 3 is 2.52 bits per heavy atom. The zero-order valence-electron chi connectivity index (χ0n) is 14.8. The van der Waals surface area contributed by atoms with E-state index in [2.05, 4.69) is 4.98 Å². The third-order valence-corrected chi connectivity index (χ3v) is 4.80. The van der Waals surface area contributed by atoms with E-state index in [1.165, 1.54) is 13.2 Å². The second-order valence-corrected chi connectivity index (χ2v) is 6.50. The van der Waals surface area contributed by atoms with Crippen LogP contribution in [0.1, 0.15) is 20.7 Å². The highest BCUT2D eigenvalue weighted by Gasteiger charge is 2.27. The number of ether oxygens (including phenoxy) is 1. The van der Waals surface area contributed by atoms with Crippen molar-refractivity contribution in [1.82, 2.24) is 9.88 Å². The van der Waals surface area contributed by atoms with Gasteiger partial charge in [0.05, 0.1) is 28.9 Å². The van der Waals surface area contributed by atoms with Gasteiger partial charge in [-0.25, -0.2) is 4.98 Å². The molecular weight excluding hydrogens is 370 g/mol. The lowest BCUT2D eigenvalue weighted by Gasteiger charge is -2.36. The van der Waals surface area contributed by atoms with E-state index in [9.17, 15) is 9.59 Å². The Hall–Kier alpha value is -3.00. The molecule has 1 saturated heterocycles. The summed E-state index contributed by atoms with van der Waals surface area (Å²) >= 11 is 6.06. The van der Waals surface area contributed by atoms with Gasteiger partial charge in [-0.05, 0) is 18.2 Å². The van der Waals surface area contributed by atoms with Crippen LogP contribution in [0.25, 0.3) is 0 Å². The molecule has 0 radical (unpaired) electrons. The van der Waals surface area contributed by atoms with Crippen molar-refractivity contribution >= 4 is 34.9 Å². The number of primary amides is 1. The molecule has 0 unspecified atom stereocenters. The number of anilines is 2. The Morgan fingerprint density at radius 1 is 1.19 bits per heavy atom. The fourth-order valence-corrected chi connectivity index (χ4v) is 3.20. The molecule has 1 aromatic carbocycles. The number of amides is 2. The first kappa shape index (κ1) is 18.8. The van der Waals surface area contributed by atoms with E-state index in [4.69, 9.17) is 27.8 Å². The van der Waals surface area contributed by atoms with E-state index >= 15 is 0 Å². The monoisotopic (exact) mass is 389 g/mol. The molecule has 0 saturated carbocycles. The molecule has 0 aliphatic carbocycles. The summed E-state index contributed by atoms with van der Waals surface area (Å²) in [5.74, 6) is 0.192. The molecule has 0 bridgehead atoms. The fraction of sp³-hybridized carbons (Fsp3) is 0.278. The molecule has 142 valence electrons. The maximum Gasteiger partial charge on any atom is 0.257 e. The predicted molar refractivity (Wildman–Crippen MR) is 103 cm³/mol. The Kier molecular flexibility index (Phi) is 5.36. The van der Waals surface area contributed by atoms with Crippen molar-refractivity contribution < 1.29 is 14.3 Å². The zero-order chi connectivity index (χ0) is 19.6. The van der Waals surface area contributed by atoms with E-state index in [0.717, 1.165) is 0 Å². The van der Waals surface area contributed by atoms with Crippen LogP contribution in [0.15, 0.2) is 30.5 Å². The minimum atomic E-state index is -0.530. The third-order valence-electron chi connectivity index (χ3n) is 4.47. The van der Waals surface area contributed by atoms with Crippen molar-refractivity contribution in [2.45, 2.75) is 0 Å². The Balaban J connectivity index is 1.76. The zero-order valence-corrected chi connectivity index (χ0v) is 15.6. The Bertz CT molecular complexity index is 881. The lowest BCUT2D eigenvalue weighted by Crippen LogP contribution is -2.49. The summed E-state index contributed by atoms with van der Waals surface area (Å²) in [5.41, 5.74) is 12.3. The summed E-state index contributed by atoms with van der Waals surface area (Å²) in [4.78, 5) is 32.4. The number of benzene rings is 1. The molecule has 2 heterocycles. The molecule has 8 nitrogen and oxygen atoms in total. The lowest BCUT2D eigenvalue weighted by molar-refractivity contribution is 0.0742. The van der Waals surface area contributed by atoms with Gasteiger partial charge in [-0.1, -0.05) is 11.6 Å². The molecule has 3 rings (SSSR count). The number of methoxy groups -OCH3 is 1. The second-order valence-electron chi connectivity index (χ2n) is 6.09. The van der Waals surface area contributed by atoms with Gasteiger partial charge in [-0.2, -0.15) is 0 Å². The normalized spacial score (nSPS) is 14.1. The summed E-state index contributed by atoms with van der Waals surface area (Å²) in [7, 11) is 1.48. The maximum atomic E-state index is 12.9. The van der Waals surface area contributed by atoms with Gasteiger partial charge >= 0.3 is 0 Å². The van der Waals surface area contributed by atoms with Crippen LogP contribution in [0.4, 0.5) is 11.5 Å². The lowest BCUT2D eigenvalue weighted by atomic mass is 10.1. The first-order valence-corrected chi connectivity index (χ1v) is 8.72. The fourth-order valence-electron chi connectivity index (χ4n) is 3.04. The molecule has 1 aliphatic heterocycles. The summed E-state index contributed by atoms with van der Waals surface area (Å²) < 4.78 is 5.27. The van der Waals surface area contributed by atoms with Gasteiger partial charge in [0.2, 0.25) is 0 Å². The number of carbonyl (C=O) groups is 2. The Morgan fingerprint density at radius 2 is 1.89 bits per heavy atom. The number of hydrogen-bond donors (Lipinski definition) is 2. The molecule has 9 heteroatoms. The number of aromatic nitrogens is 1. The molecule has 4 N–H and O–H groups in total. The molecule has 1 fully saturated rings. The van der Waals surface area contributed by atoms with Crippen LogP contribution in [-0.2, 0) is 0 Å². The largest absolute Gasteiger partial charge is 0.496 e. The van der Waals surface area contributed by atoms with E-state index in [1.807, 2.05) is 4.90 Å². The van der Waals surface area contributed by atoms with Crippen LogP contribution in [0.3, 0.4) is 0 Å². The molecular formula is C18H20ClN5O3. The van der Waals surface area contributed by atoms with Crippen LogP contribution >= 0.6 is 11.6 Å². The number of piperazine rings is 1. The highest BCUT2D eigenvalue weighted by atomic mass is 35.5. The average molecular weight is 390 g/mol. The molecule has 2 aromatic rings. The molecule has 1 aromatic heterocycles. The number of hydrogen-bond acceptors (Lipinski definition) is 6. The van der Waals surface area contributed by atoms with Crippen molar-refractivity contribution in [1.29, 1.82) is 0 Å². The van der Waals surface area contributed by atoms with Crippen molar-refractivity contribution in [3.8, 4) is 5.75 Å². The first-order chi connectivity index (χ1) is 12.9. The topological polar surface area (TPSA) is 115 Å². The van der Waals surface area contributed by atoms with E-state index in [0.29, 0.717) is 59.6 Å². The molecule has 27 heavy (non-hydrogen) atoms. The highest BCUT2D eigenvalue weighted by Crippen LogP contribution is 2.30. The highest BCUT2D eigenvalue weighted by molar-refractivity contribution is 6.33. The number of nitrogens with two attached hydrogens (primary N) is 2. The first-order valence-electron chi connectivity index (χ1n) is 8.34. The summed E-state index contributed by atoms with van der Waals surface area (Å²) in [6.45, 7) is 1.96. The predicted octanol–water partition coefficient (Wildman–Crippen LogP) is 1.39. The van der Waals surface area contributed by atoms with Crippen LogP contribution in [0, 0.1) is 0 Å². The van der Waals surface area contributed by atoms with Gasteiger partial charge in [0, 0.05) is 38.4 Å². The van der Waals surface area contributed by atoms with Crippen LogP contribution in [0.2, 0.25) is 5.02 Å². The average Bonchev–Trinajstić information content (AvgIpc) is 2.69. The van der Waals surface area contributed by atoms with Gasteiger partial charge in [0.25, 0.3) is 11.8 Å². The van der Waals surface area contributed by atoms with E-state index in [1.54, 1.807) is 29.3 Å². The van der Waals surface area contributed by atoms with Gasteiger partial charge in [-0.3, -0.25) is 9.59 Å². The minimum Gasteiger partial charge on any atom is -0.496 e. The second kappa shape index (κ2) is 7.71. The molecule has 0 atom stereocenters. The summed E-state index contributed by atoms with van der Waals surface area (Å²) in [5, 5.41) is 0.303.